The first-order valence-corrected chi connectivity index (χ1v) is 21.3. The van der Waals surface area contributed by atoms with Gasteiger partial charge in [-0.3, -0.25) is 4.79 Å². The van der Waals surface area contributed by atoms with E-state index in [0.717, 1.165) is 44.9 Å². The van der Waals surface area contributed by atoms with Gasteiger partial charge in [-0.2, -0.15) is 0 Å². The fourth-order valence-electron chi connectivity index (χ4n) is 6.47. The van der Waals surface area contributed by atoms with Crippen LogP contribution in [0.1, 0.15) is 239 Å². The quantitative estimate of drug-likeness (QED) is 0.0400. The van der Waals surface area contributed by atoms with Crippen LogP contribution in [0.25, 0.3) is 0 Å². The Labute approximate surface area is 299 Å². The van der Waals surface area contributed by atoms with Crippen LogP contribution in [-0.2, 0) is 14.3 Å². The Hall–Kier alpha value is -1.58. The Kier molecular flexibility index (Phi) is 38.5. The third kappa shape index (κ3) is 37.2. The van der Waals surface area contributed by atoms with Crippen molar-refractivity contribution < 1.29 is 19.4 Å². The van der Waals surface area contributed by atoms with Crippen LogP contribution in [-0.4, -0.2) is 23.1 Å². The largest absolute Gasteiger partial charge is 0.479 e. The first-order chi connectivity index (χ1) is 23.6. The second-order valence-electron chi connectivity index (χ2n) is 14.5. The van der Waals surface area contributed by atoms with E-state index in [4.69, 9.17) is 4.74 Å². The first-order valence-electron chi connectivity index (χ1n) is 21.3. The van der Waals surface area contributed by atoms with Gasteiger partial charge in [-0.1, -0.05) is 205 Å². The molecule has 4 heteroatoms. The number of carboxylic acids is 1. The monoisotopic (exact) mass is 675 g/mol. The van der Waals surface area contributed by atoms with Crippen LogP contribution >= 0.6 is 0 Å². The third-order valence-electron chi connectivity index (χ3n) is 9.70. The molecule has 0 aromatic carbocycles. The normalized spacial score (nSPS) is 12.4. The van der Waals surface area contributed by atoms with Gasteiger partial charge in [0.15, 0.2) is 6.10 Å². The van der Waals surface area contributed by atoms with Crippen molar-refractivity contribution >= 4 is 11.9 Å². The highest BCUT2D eigenvalue weighted by molar-refractivity contribution is 5.77. The minimum Gasteiger partial charge on any atom is -0.479 e. The lowest BCUT2D eigenvalue weighted by Gasteiger charge is -2.13. The minimum atomic E-state index is -1.00. The number of carbonyl (C=O) groups excluding carboxylic acids is 1. The molecule has 0 radical (unpaired) electrons. The fraction of sp³-hybridized carbons (Fsp3) is 0.864. The highest BCUT2D eigenvalue weighted by Crippen LogP contribution is 2.17. The number of carboxylic acid groups (broad SMARTS) is 1. The molecule has 0 rings (SSSR count). The lowest BCUT2D eigenvalue weighted by atomic mass is 10.0. The summed E-state index contributed by atoms with van der Waals surface area (Å²) in [6.45, 7) is 4.53. The SMILES string of the molecule is CCCCC/C=C\C/C=C\CCCCCCCCCCCCCC(=O)OC(CCCCCCCCCCCCCCCCCC)C(=O)O. The van der Waals surface area contributed by atoms with Gasteiger partial charge in [0.2, 0.25) is 0 Å². The molecule has 1 N–H and O–H groups in total. The molecule has 0 aromatic heterocycles. The lowest BCUT2D eigenvalue weighted by Crippen LogP contribution is -2.27. The zero-order valence-electron chi connectivity index (χ0n) is 32.3. The molecule has 0 bridgehead atoms. The standard InChI is InChI=1S/C44H82O4/c1-3-5-7-9-11-13-15-17-19-21-22-23-24-25-27-29-31-33-35-37-39-41-43(45)48-42(44(46)47)40-38-36-34-32-30-28-26-20-18-16-14-12-10-8-6-4-2/h11,13,17,19,42H,3-10,12,14-16,18,20-41H2,1-2H3,(H,46,47)/b13-11-,19-17-. The molecular formula is C44H82O4. The first kappa shape index (κ1) is 46.4. The summed E-state index contributed by atoms with van der Waals surface area (Å²) in [4.78, 5) is 23.8. The van der Waals surface area contributed by atoms with E-state index in [1.54, 1.807) is 0 Å². The average Bonchev–Trinajstić information content (AvgIpc) is 3.08. The number of ether oxygens (including phenoxy) is 1. The summed E-state index contributed by atoms with van der Waals surface area (Å²) < 4.78 is 5.34. The number of aliphatic carboxylic acids is 1. The maximum atomic E-state index is 12.2. The number of hydrogen-bond acceptors (Lipinski definition) is 3. The average molecular weight is 675 g/mol. The van der Waals surface area contributed by atoms with Crippen LogP contribution in [0.15, 0.2) is 24.3 Å². The van der Waals surface area contributed by atoms with E-state index in [9.17, 15) is 14.7 Å². The fourth-order valence-corrected chi connectivity index (χ4v) is 6.47. The Morgan fingerprint density at radius 2 is 0.792 bits per heavy atom. The third-order valence-corrected chi connectivity index (χ3v) is 9.70. The topological polar surface area (TPSA) is 63.6 Å². The Morgan fingerprint density at radius 1 is 0.458 bits per heavy atom. The summed E-state index contributed by atoms with van der Waals surface area (Å²) in [5.74, 6) is -1.35. The van der Waals surface area contributed by atoms with Crippen molar-refractivity contribution in [2.75, 3.05) is 0 Å². The van der Waals surface area contributed by atoms with Crippen LogP contribution in [0.2, 0.25) is 0 Å². The molecule has 0 aliphatic carbocycles. The van der Waals surface area contributed by atoms with Gasteiger partial charge in [-0.05, 0) is 51.4 Å². The zero-order chi connectivity index (χ0) is 35.0. The lowest BCUT2D eigenvalue weighted by molar-refractivity contribution is -0.164. The summed E-state index contributed by atoms with van der Waals surface area (Å²) in [7, 11) is 0. The van der Waals surface area contributed by atoms with Crippen LogP contribution in [0.5, 0.6) is 0 Å². The van der Waals surface area contributed by atoms with Gasteiger partial charge >= 0.3 is 11.9 Å². The molecule has 0 aliphatic rings. The molecule has 0 fully saturated rings. The van der Waals surface area contributed by atoms with E-state index in [1.807, 2.05) is 0 Å². The van der Waals surface area contributed by atoms with E-state index in [0.29, 0.717) is 12.8 Å². The molecular weight excluding hydrogens is 592 g/mol. The zero-order valence-corrected chi connectivity index (χ0v) is 32.3. The minimum absolute atomic E-state index is 0.341. The van der Waals surface area contributed by atoms with Crippen molar-refractivity contribution in [2.45, 2.75) is 245 Å². The molecule has 1 atom stereocenters. The van der Waals surface area contributed by atoms with Crippen LogP contribution in [0.3, 0.4) is 0 Å². The molecule has 1 unspecified atom stereocenters. The van der Waals surface area contributed by atoms with Crippen LogP contribution in [0, 0.1) is 0 Å². The number of esters is 1. The molecule has 0 aliphatic heterocycles. The summed E-state index contributed by atoms with van der Waals surface area (Å²) in [6, 6.07) is 0. The predicted octanol–water partition coefficient (Wildman–Crippen LogP) is 14.8. The molecule has 0 heterocycles. The van der Waals surface area contributed by atoms with Gasteiger partial charge < -0.3 is 9.84 Å². The molecule has 0 spiro atoms. The van der Waals surface area contributed by atoms with Crippen molar-refractivity contribution in [1.29, 1.82) is 0 Å². The number of carbonyl (C=O) groups is 2. The highest BCUT2D eigenvalue weighted by Gasteiger charge is 2.21. The molecule has 0 amide bonds. The van der Waals surface area contributed by atoms with Gasteiger partial charge in [-0.15, -0.1) is 0 Å². The predicted molar refractivity (Wildman–Crippen MR) is 209 cm³/mol. The second kappa shape index (κ2) is 39.9. The number of hydrogen-bond donors (Lipinski definition) is 1. The molecule has 0 saturated carbocycles. The number of rotatable bonds is 39. The van der Waals surface area contributed by atoms with Crippen molar-refractivity contribution in [3.05, 3.63) is 24.3 Å². The van der Waals surface area contributed by atoms with Gasteiger partial charge in [0.25, 0.3) is 0 Å². The highest BCUT2D eigenvalue weighted by atomic mass is 16.6. The smallest absolute Gasteiger partial charge is 0.345 e. The summed E-state index contributed by atoms with van der Waals surface area (Å²) in [6.07, 6.45) is 50.8. The van der Waals surface area contributed by atoms with Crippen molar-refractivity contribution in [3.63, 3.8) is 0 Å². The van der Waals surface area contributed by atoms with Crippen molar-refractivity contribution in [3.8, 4) is 0 Å². The van der Waals surface area contributed by atoms with Crippen molar-refractivity contribution in [2.24, 2.45) is 0 Å². The van der Waals surface area contributed by atoms with Crippen LogP contribution in [0.4, 0.5) is 0 Å². The van der Waals surface area contributed by atoms with E-state index in [-0.39, 0.29) is 5.97 Å². The van der Waals surface area contributed by atoms with E-state index >= 15 is 0 Å². The maximum absolute atomic E-state index is 12.2. The van der Waals surface area contributed by atoms with Gasteiger partial charge in [0.1, 0.15) is 0 Å². The molecule has 0 saturated heterocycles. The Morgan fingerprint density at radius 3 is 1.21 bits per heavy atom. The number of unbranched alkanes of at least 4 members (excludes halogenated alkanes) is 29. The molecule has 48 heavy (non-hydrogen) atoms. The molecule has 0 aromatic rings. The Bertz CT molecular complexity index is 727. The van der Waals surface area contributed by atoms with Crippen molar-refractivity contribution in [1.82, 2.24) is 0 Å². The van der Waals surface area contributed by atoms with E-state index in [1.165, 1.54) is 167 Å². The van der Waals surface area contributed by atoms with Gasteiger partial charge in [0.05, 0.1) is 0 Å². The maximum Gasteiger partial charge on any atom is 0.345 e. The second-order valence-corrected chi connectivity index (χ2v) is 14.5. The summed E-state index contributed by atoms with van der Waals surface area (Å²) in [5, 5.41) is 9.51. The molecule has 282 valence electrons. The molecule has 4 nitrogen and oxygen atoms in total. The van der Waals surface area contributed by atoms with Crippen LogP contribution < -0.4 is 0 Å². The van der Waals surface area contributed by atoms with E-state index in [2.05, 4.69) is 38.2 Å². The summed E-state index contributed by atoms with van der Waals surface area (Å²) in [5.41, 5.74) is 0. The van der Waals surface area contributed by atoms with Gasteiger partial charge in [0, 0.05) is 6.42 Å². The van der Waals surface area contributed by atoms with E-state index < -0.39 is 12.1 Å². The van der Waals surface area contributed by atoms with Gasteiger partial charge in [-0.25, -0.2) is 4.79 Å². The Balaban J connectivity index is 3.50. The number of allylic oxidation sites excluding steroid dienone is 4. The summed E-state index contributed by atoms with van der Waals surface area (Å²) >= 11 is 0.